The molecule has 1 amide bonds. The van der Waals surface area contributed by atoms with Crippen molar-refractivity contribution in [3.63, 3.8) is 0 Å². The van der Waals surface area contributed by atoms with E-state index in [1.807, 2.05) is 6.07 Å². The smallest absolute Gasteiger partial charge is 0.328 e. The number of rotatable bonds is 3. The van der Waals surface area contributed by atoms with Gasteiger partial charge in [0.05, 0.1) is 0 Å². The maximum atomic E-state index is 11.5. The Bertz CT molecular complexity index is 454. The lowest BCUT2D eigenvalue weighted by atomic mass is 10.2. The normalized spacial score (nSPS) is 11.0. The molecular formula is C11H10BrNO3. The summed E-state index contributed by atoms with van der Waals surface area (Å²) in [6.07, 6.45) is 0.868. The van der Waals surface area contributed by atoms with Crippen molar-refractivity contribution in [3.05, 3.63) is 40.4 Å². The third-order valence-corrected chi connectivity index (χ3v) is 2.27. The second kappa shape index (κ2) is 5.46. The number of anilines is 1. The largest absolute Gasteiger partial charge is 0.478 e. The molecule has 16 heavy (non-hydrogen) atoms. The van der Waals surface area contributed by atoms with Gasteiger partial charge in [-0.3, -0.25) is 4.79 Å². The highest BCUT2D eigenvalue weighted by molar-refractivity contribution is 9.10. The summed E-state index contributed by atoms with van der Waals surface area (Å²) in [4.78, 5) is 21.9. The van der Waals surface area contributed by atoms with Gasteiger partial charge in [0.1, 0.15) is 0 Å². The zero-order valence-corrected chi connectivity index (χ0v) is 10.1. The molecule has 0 radical (unpaired) electrons. The van der Waals surface area contributed by atoms with Crippen LogP contribution in [0.15, 0.2) is 40.4 Å². The first-order valence-corrected chi connectivity index (χ1v) is 5.26. The van der Waals surface area contributed by atoms with Crippen molar-refractivity contribution in [2.24, 2.45) is 0 Å². The molecular weight excluding hydrogens is 274 g/mol. The predicted octanol–water partition coefficient (Wildman–Crippen LogP) is 2.42. The summed E-state index contributed by atoms with van der Waals surface area (Å²) in [7, 11) is 0. The fourth-order valence-electron chi connectivity index (χ4n) is 1.05. The van der Waals surface area contributed by atoms with E-state index in [2.05, 4.69) is 21.2 Å². The van der Waals surface area contributed by atoms with Crippen LogP contribution in [0, 0.1) is 0 Å². The number of carboxylic acid groups (broad SMARTS) is 1. The standard InChI is InChI=1S/C11H10BrNO3/c1-7(5-10(14)15)11(16)13-9-4-2-3-8(12)6-9/h2-6H,1H3,(H,13,16)(H,14,15)/b7-5+. The number of hydrogen-bond acceptors (Lipinski definition) is 2. The zero-order chi connectivity index (χ0) is 12.1. The summed E-state index contributed by atoms with van der Waals surface area (Å²) < 4.78 is 0.838. The number of amides is 1. The van der Waals surface area contributed by atoms with Gasteiger partial charge in [0.15, 0.2) is 0 Å². The Labute approximate surface area is 101 Å². The van der Waals surface area contributed by atoms with Gasteiger partial charge < -0.3 is 10.4 Å². The number of benzene rings is 1. The highest BCUT2D eigenvalue weighted by atomic mass is 79.9. The maximum absolute atomic E-state index is 11.5. The first-order valence-electron chi connectivity index (χ1n) is 4.47. The number of carbonyl (C=O) groups excluding carboxylic acids is 1. The van der Waals surface area contributed by atoms with Gasteiger partial charge in [-0.25, -0.2) is 4.79 Å². The van der Waals surface area contributed by atoms with E-state index in [1.54, 1.807) is 18.2 Å². The molecule has 0 saturated carbocycles. The van der Waals surface area contributed by atoms with Gasteiger partial charge in [0, 0.05) is 21.8 Å². The summed E-state index contributed by atoms with van der Waals surface area (Å²) >= 11 is 3.27. The predicted molar refractivity (Wildman–Crippen MR) is 64.2 cm³/mol. The number of aliphatic carboxylic acids is 1. The summed E-state index contributed by atoms with van der Waals surface area (Å²) in [6, 6.07) is 7.05. The lowest BCUT2D eigenvalue weighted by Gasteiger charge is -2.04. The van der Waals surface area contributed by atoms with Crippen LogP contribution in [-0.4, -0.2) is 17.0 Å². The molecule has 0 aromatic heterocycles. The van der Waals surface area contributed by atoms with Crippen molar-refractivity contribution in [1.29, 1.82) is 0 Å². The number of nitrogens with one attached hydrogen (secondary N) is 1. The number of hydrogen-bond donors (Lipinski definition) is 2. The van der Waals surface area contributed by atoms with Gasteiger partial charge in [-0.1, -0.05) is 22.0 Å². The van der Waals surface area contributed by atoms with Crippen LogP contribution in [0.4, 0.5) is 5.69 Å². The van der Waals surface area contributed by atoms with Crippen LogP contribution in [-0.2, 0) is 9.59 Å². The van der Waals surface area contributed by atoms with Crippen molar-refractivity contribution in [2.45, 2.75) is 6.92 Å². The maximum Gasteiger partial charge on any atom is 0.328 e. The molecule has 2 N–H and O–H groups in total. The summed E-state index contributed by atoms with van der Waals surface area (Å²) in [5, 5.41) is 11.1. The Balaban J connectivity index is 2.75. The number of carboxylic acids is 1. The molecule has 1 aromatic carbocycles. The van der Waals surface area contributed by atoms with Gasteiger partial charge in [-0.05, 0) is 25.1 Å². The Morgan fingerprint density at radius 1 is 1.44 bits per heavy atom. The summed E-state index contributed by atoms with van der Waals surface area (Å²) in [6.45, 7) is 1.45. The molecule has 0 fully saturated rings. The van der Waals surface area contributed by atoms with Crippen LogP contribution in [0.5, 0.6) is 0 Å². The third kappa shape index (κ3) is 3.86. The average molecular weight is 284 g/mol. The number of halogens is 1. The molecule has 1 aromatic rings. The first kappa shape index (κ1) is 12.4. The Morgan fingerprint density at radius 3 is 2.69 bits per heavy atom. The Kier molecular flexibility index (Phi) is 4.25. The van der Waals surface area contributed by atoms with E-state index >= 15 is 0 Å². The lowest BCUT2D eigenvalue weighted by molar-refractivity contribution is -0.131. The molecule has 0 saturated heterocycles. The zero-order valence-electron chi connectivity index (χ0n) is 8.53. The second-order valence-electron chi connectivity index (χ2n) is 3.13. The van der Waals surface area contributed by atoms with Crippen molar-refractivity contribution < 1.29 is 14.7 Å². The molecule has 0 atom stereocenters. The monoisotopic (exact) mass is 283 g/mol. The summed E-state index contributed by atoms with van der Waals surface area (Å²) in [5.41, 5.74) is 0.755. The fourth-order valence-corrected chi connectivity index (χ4v) is 1.45. The lowest BCUT2D eigenvalue weighted by Crippen LogP contribution is -2.13. The van der Waals surface area contributed by atoms with Gasteiger partial charge in [-0.2, -0.15) is 0 Å². The van der Waals surface area contributed by atoms with E-state index in [0.717, 1.165) is 10.5 Å². The van der Waals surface area contributed by atoms with Gasteiger partial charge >= 0.3 is 5.97 Å². The minimum atomic E-state index is -1.14. The van der Waals surface area contributed by atoms with Crippen molar-refractivity contribution in [2.75, 3.05) is 5.32 Å². The molecule has 0 aliphatic heterocycles. The molecule has 0 unspecified atom stereocenters. The van der Waals surface area contributed by atoms with Crippen LogP contribution in [0.1, 0.15) is 6.92 Å². The molecule has 1 rings (SSSR count). The van der Waals surface area contributed by atoms with Crippen molar-refractivity contribution in [1.82, 2.24) is 0 Å². The third-order valence-electron chi connectivity index (χ3n) is 1.78. The van der Waals surface area contributed by atoms with Gasteiger partial charge in [-0.15, -0.1) is 0 Å². The Morgan fingerprint density at radius 2 is 2.12 bits per heavy atom. The number of carbonyl (C=O) groups is 2. The Hall–Kier alpha value is -1.62. The van der Waals surface area contributed by atoms with Crippen molar-refractivity contribution >= 4 is 33.5 Å². The van der Waals surface area contributed by atoms with E-state index in [0.29, 0.717) is 5.69 Å². The molecule has 0 spiro atoms. The minimum absolute atomic E-state index is 0.146. The highest BCUT2D eigenvalue weighted by Crippen LogP contribution is 2.16. The molecule has 84 valence electrons. The van der Waals surface area contributed by atoms with Gasteiger partial charge in [0.2, 0.25) is 0 Å². The SMILES string of the molecule is C/C(=C\C(=O)O)C(=O)Nc1cccc(Br)c1. The van der Waals surface area contributed by atoms with E-state index in [4.69, 9.17) is 5.11 Å². The van der Waals surface area contributed by atoms with Gasteiger partial charge in [0.25, 0.3) is 5.91 Å². The van der Waals surface area contributed by atoms with E-state index in [9.17, 15) is 9.59 Å². The van der Waals surface area contributed by atoms with E-state index in [-0.39, 0.29) is 5.57 Å². The first-order chi connectivity index (χ1) is 7.49. The fraction of sp³-hybridized carbons (Fsp3) is 0.0909. The van der Waals surface area contributed by atoms with E-state index < -0.39 is 11.9 Å². The quantitative estimate of drug-likeness (QED) is 0.838. The van der Waals surface area contributed by atoms with Crippen molar-refractivity contribution in [3.8, 4) is 0 Å². The summed E-state index contributed by atoms with van der Waals surface area (Å²) in [5.74, 6) is -1.57. The minimum Gasteiger partial charge on any atom is -0.478 e. The molecule has 0 bridgehead atoms. The van der Waals surface area contributed by atoms with Crippen LogP contribution in [0.3, 0.4) is 0 Å². The van der Waals surface area contributed by atoms with E-state index in [1.165, 1.54) is 6.92 Å². The van der Waals surface area contributed by atoms with Crippen LogP contribution in [0.25, 0.3) is 0 Å². The molecule has 0 aliphatic rings. The van der Waals surface area contributed by atoms with Crippen LogP contribution in [0.2, 0.25) is 0 Å². The second-order valence-corrected chi connectivity index (χ2v) is 4.05. The van der Waals surface area contributed by atoms with Crippen LogP contribution >= 0.6 is 15.9 Å². The van der Waals surface area contributed by atoms with Crippen LogP contribution < -0.4 is 5.32 Å². The molecule has 4 nitrogen and oxygen atoms in total. The molecule has 0 heterocycles. The average Bonchev–Trinajstić information content (AvgIpc) is 2.16. The molecule has 5 heteroatoms. The molecule has 0 aliphatic carbocycles. The topological polar surface area (TPSA) is 66.4 Å². The highest BCUT2D eigenvalue weighted by Gasteiger charge is 2.06.